The van der Waals surface area contributed by atoms with Gasteiger partial charge in [0.25, 0.3) is 0 Å². The minimum atomic E-state index is -0.862. The van der Waals surface area contributed by atoms with E-state index < -0.39 is 17.7 Å². The molecule has 1 aromatic rings. The van der Waals surface area contributed by atoms with Crippen molar-refractivity contribution in [1.82, 2.24) is 5.32 Å². The maximum atomic E-state index is 12.3. The van der Waals surface area contributed by atoms with Crippen LogP contribution >= 0.6 is 0 Å². The van der Waals surface area contributed by atoms with Gasteiger partial charge in [0.15, 0.2) is 11.5 Å². The van der Waals surface area contributed by atoms with Crippen molar-refractivity contribution >= 4 is 23.4 Å². The lowest BCUT2D eigenvalue weighted by Crippen LogP contribution is -2.45. The highest BCUT2D eigenvalue weighted by Gasteiger charge is 2.32. The van der Waals surface area contributed by atoms with E-state index in [1.807, 2.05) is 0 Å². The quantitative estimate of drug-likeness (QED) is 0.628. The second-order valence-electron chi connectivity index (χ2n) is 6.38. The van der Waals surface area contributed by atoms with E-state index in [1.54, 1.807) is 25.3 Å². The summed E-state index contributed by atoms with van der Waals surface area (Å²) in [6, 6.07) is 5.13. The molecule has 2 fully saturated rings. The van der Waals surface area contributed by atoms with Crippen LogP contribution in [0.15, 0.2) is 18.2 Å². The third-order valence-electron chi connectivity index (χ3n) is 4.58. The Bertz CT molecular complexity index is 682. The summed E-state index contributed by atoms with van der Waals surface area (Å²) < 4.78 is 11.3. The fourth-order valence-electron chi connectivity index (χ4n) is 3.21. The second kappa shape index (κ2) is 7.55. The molecule has 2 aliphatic rings. The molecule has 1 heterocycles. The molecule has 1 saturated carbocycles. The Morgan fingerprint density at radius 1 is 1.16 bits per heavy atom. The molecule has 1 aliphatic carbocycles. The molecule has 7 heteroatoms. The van der Waals surface area contributed by atoms with Crippen LogP contribution in [0.4, 0.5) is 5.69 Å². The summed E-state index contributed by atoms with van der Waals surface area (Å²) in [5, 5.41) is 4.92. The molecule has 0 aromatic heterocycles. The Morgan fingerprint density at radius 2 is 1.92 bits per heavy atom. The molecule has 0 spiro atoms. The molecule has 25 heavy (non-hydrogen) atoms. The maximum absolute atomic E-state index is 12.3. The Labute approximate surface area is 146 Å². The lowest BCUT2D eigenvalue weighted by molar-refractivity contribution is -0.139. The van der Waals surface area contributed by atoms with Gasteiger partial charge in [0.1, 0.15) is 5.92 Å². The fourth-order valence-corrected chi connectivity index (χ4v) is 3.21. The zero-order valence-corrected chi connectivity index (χ0v) is 14.2. The molecule has 0 bridgehead atoms. The first-order chi connectivity index (χ1) is 12.1. The summed E-state index contributed by atoms with van der Waals surface area (Å²) in [5.74, 6) is -1.00. The number of hydrogen-bond acceptors (Lipinski definition) is 5. The fraction of sp³-hybridized carbons (Fsp3) is 0.500. The van der Waals surface area contributed by atoms with Crippen LogP contribution in [0.1, 0.15) is 38.5 Å². The van der Waals surface area contributed by atoms with Gasteiger partial charge in [-0.1, -0.05) is 0 Å². The van der Waals surface area contributed by atoms with Gasteiger partial charge in [-0.2, -0.15) is 0 Å². The zero-order valence-electron chi connectivity index (χ0n) is 14.2. The topological polar surface area (TPSA) is 93.7 Å². The van der Waals surface area contributed by atoms with Gasteiger partial charge in [-0.3, -0.25) is 19.7 Å². The number of imide groups is 1. The summed E-state index contributed by atoms with van der Waals surface area (Å²) >= 11 is 0. The van der Waals surface area contributed by atoms with Crippen LogP contribution in [0, 0.1) is 5.92 Å². The van der Waals surface area contributed by atoms with Crippen LogP contribution in [-0.4, -0.2) is 30.9 Å². The number of carbonyl (C=O) groups is 3. The van der Waals surface area contributed by atoms with Gasteiger partial charge in [0.05, 0.1) is 13.2 Å². The molecule has 7 nitrogen and oxygen atoms in total. The van der Waals surface area contributed by atoms with Crippen molar-refractivity contribution in [3.05, 3.63) is 18.2 Å². The van der Waals surface area contributed by atoms with Crippen molar-refractivity contribution < 1.29 is 23.9 Å². The summed E-state index contributed by atoms with van der Waals surface area (Å²) in [7, 11) is 1.57. The highest BCUT2D eigenvalue weighted by Crippen LogP contribution is 2.34. The number of rotatable bonds is 5. The van der Waals surface area contributed by atoms with Crippen LogP contribution in [0.25, 0.3) is 0 Å². The van der Waals surface area contributed by atoms with E-state index in [9.17, 15) is 14.4 Å². The van der Waals surface area contributed by atoms with Gasteiger partial charge in [-0.25, -0.2) is 0 Å². The van der Waals surface area contributed by atoms with Gasteiger partial charge >= 0.3 is 0 Å². The van der Waals surface area contributed by atoms with E-state index in [0.29, 0.717) is 17.2 Å². The number of amides is 3. The lowest BCUT2D eigenvalue weighted by Gasteiger charge is -2.21. The average molecular weight is 346 g/mol. The number of nitrogens with one attached hydrogen (secondary N) is 2. The predicted octanol–water partition coefficient (Wildman–Crippen LogP) is 2.01. The third-order valence-corrected chi connectivity index (χ3v) is 4.58. The van der Waals surface area contributed by atoms with Crippen LogP contribution in [0.2, 0.25) is 0 Å². The Balaban J connectivity index is 1.70. The van der Waals surface area contributed by atoms with E-state index in [1.165, 1.54) is 0 Å². The van der Waals surface area contributed by atoms with Crippen molar-refractivity contribution in [3.63, 3.8) is 0 Å². The zero-order chi connectivity index (χ0) is 17.8. The first-order valence-electron chi connectivity index (χ1n) is 8.56. The van der Waals surface area contributed by atoms with E-state index in [4.69, 9.17) is 9.47 Å². The number of carbonyl (C=O) groups excluding carboxylic acids is 3. The normalized spacial score (nSPS) is 20.9. The molecule has 134 valence electrons. The van der Waals surface area contributed by atoms with Gasteiger partial charge in [-0.15, -0.1) is 0 Å². The second-order valence-corrected chi connectivity index (χ2v) is 6.38. The molecular weight excluding hydrogens is 324 g/mol. The third kappa shape index (κ3) is 4.10. The molecular formula is C18H22N2O5. The van der Waals surface area contributed by atoms with Crippen molar-refractivity contribution in [2.45, 2.75) is 44.6 Å². The van der Waals surface area contributed by atoms with Crippen LogP contribution < -0.4 is 20.1 Å². The first kappa shape index (κ1) is 17.3. The Morgan fingerprint density at radius 3 is 2.60 bits per heavy atom. The highest BCUT2D eigenvalue weighted by atomic mass is 16.5. The van der Waals surface area contributed by atoms with Gasteiger partial charge in [0.2, 0.25) is 17.7 Å². The van der Waals surface area contributed by atoms with Crippen molar-refractivity contribution in [2.24, 2.45) is 5.92 Å². The molecule has 3 amide bonds. The summed E-state index contributed by atoms with van der Waals surface area (Å²) in [6.45, 7) is 0. The number of methoxy groups -OCH3 is 1. The first-order valence-corrected chi connectivity index (χ1v) is 8.56. The number of piperidine rings is 1. The van der Waals surface area contributed by atoms with E-state index in [-0.39, 0.29) is 24.9 Å². The van der Waals surface area contributed by atoms with E-state index in [2.05, 4.69) is 10.6 Å². The molecule has 1 aromatic carbocycles. The van der Waals surface area contributed by atoms with E-state index in [0.717, 1.165) is 25.7 Å². The van der Waals surface area contributed by atoms with Gasteiger partial charge in [0, 0.05) is 18.2 Å². The number of hydrogen-bond donors (Lipinski definition) is 2. The molecule has 1 atom stereocenters. The maximum Gasteiger partial charge on any atom is 0.239 e. The van der Waals surface area contributed by atoms with Crippen LogP contribution in [-0.2, 0) is 14.4 Å². The molecule has 1 saturated heterocycles. The highest BCUT2D eigenvalue weighted by molar-refractivity contribution is 6.12. The van der Waals surface area contributed by atoms with Gasteiger partial charge < -0.3 is 14.8 Å². The standard InChI is InChI=1S/C18H22N2O5/c1-24-14-8-6-11(10-15(14)25-12-4-2-3-5-12)19-17(22)13-7-9-16(21)20-18(13)23/h6,8,10,12-13H,2-5,7,9H2,1H3,(H,19,22)(H,20,21,23)/t13-/m0/s1. The number of anilines is 1. The van der Waals surface area contributed by atoms with Crippen molar-refractivity contribution in [3.8, 4) is 11.5 Å². The molecule has 2 N–H and O–H groups in total. The van der Waals surface area contributed by atoms with Crippen molar-refractivity contribution in [2.75, 3.05) is 12.4 Å². The van der Waals surface area contributed by atoms with Crippen molar-refractivity contribution in [1.29, 1.82) is 0 Å². The van der Waals surface area contributed by atoms with Gasteiger partial charge in [-0.05, 0) is 44.2 Å². The summed E-state index contributed by atoms with van der Waals surface area (Å²) in [4.78, 5) is 35.3. The Hall–Kier alpha value is -2.57. The smallest absolute Gasteiger partial charge is 0.239 e. The number of ether oxygens (including phenoxy) is 2. The predicted molar refractivity (Wildman–Crippen MR) is 90.4 cm³/mol. The lowest BCUT2D eigenvalue weighted by atomic mass is 9.97. The monoisotopic (exact) mass is 346 g/mol. The summed E-state index contributed by atoms with van der Waals surface area (Å²) in [6.07, 6.45) is 4.87. The van der Waals surface area contributed by atoms with E-state index >= 15 is 0 Å². The summed E-state index contributed by atoms with van der Waals surface area (Å²) in [5.41, 5.74) is 0.531. The minimum Gasteiger partial charge on any atom is -0.493 e. The SMILES string of the molecule is COc1ccc(NC(=O)[C@@H]2CCC(=O)NC2=O)cc1OC1CCCC1. The van der Waals surface area contributed by atoms with Crippen LogP contribution in [0.5, 0.6) is 11.5 Å². The van der Waals surface area contributed by atoms with Crippen LogP contribution in [0.3, 0.4) is 0 Å². The molecule has 1 aliphatic heterocycles. The minimum absolute atomic E-state index is 0.162. The average Bonchev–Trinajstić information content (AvgIpc) is 3.08. The molecule has 3 rings (SSSR count). The Kier molecular flexibility index (Phi) is 5.21. The molecule has 0 unspecified atom stereocenters. The largest absolute Gasteiger partial charge is 0.493 e. The molecule has 0 radical (unpaired) electrons. The number of benzene rings is 1.